The van der Waals surface area contributed by atoms with E-state index >= 15 is 0 Å². The molecule has 0 N–H and O–H groups in total. The second-order valence-electron chi connectivity index (χ2n) is 11.9. The normalized spacial score (nSPS) is 12.3. The molecular weight excluding hydrogens is 735 g/mol. The van der Waals surface area contributed by atoms with Gasteiger partial charge in [0.1, 0.15) is 18.1 Å². The molecule has 5 aromatic heterocycles. The van der Waals surface area contributed by atoms with E-state index in [1.807, 2.05) is 50.4 Å². The van der Waals surface area contributed by atoms with E-state index in [2.05, 4.69) is 59.0 Å². The van der Waals surface area contributed by atoms with Crippen molar-refractivity contribution in [3.8, 4) is 29.9 Å². The van der Waals surface area contributed by atoms with Crippen LogP contribution in [0.3, 0.4) is 0 Å². The third-order valence-corrected chi connectivity index (χ3v) is 7.87. The molecule has 1 aliphatic carbocycles. The molecule has 0 bridgehead atoms. The molecule has 0 saturated carbocycles. The van der Waals surface area contributed by atoms with Gasteiger partial charge in [-0.15, -0.1) is 6.42 Å². The Bertz CT molecular complexity index is 1970. The largest absolute Gasteiger partial charge is 0.495 e. The highest BCUT2D eigenvalue weighted by molar-refractivity contribution is 5.34. The van der Waals surface area contributed by atoms with E-state index in [0.29, 0.717) is 18.4 Å². The predicted octanol–water partition coefficient (Wildman–Crippen LogP) is 8.08. The number of aromatic nitrogens is 7. The molecule has 1 aromatic carbocycles. The van der Waals surface area contributed by atoms with Crippen LogP contribution in [-0.2, 0) is 27.2 Å². The van der Waals surface area contributed by atoms with Gasteiger partial charge in [-0.1, -0.05) is 42.3 Å². The van der Waals surface area contributed by atoms with Crippen LogP contribution in [0.2, 0.25) is 0 Å². The molecule has 58 heavy (non-hydrogen) atoms. The van der Waals surface area contributed by atoms with Gasteiger partial charge in [0, 0.05) is 70.3 Å². The SMILES string of the molecule is C#Cc1cncc(OC)c1.COC1CCCc2cccnc21.COCc1ncccn1.CO[C@@H](C)c1ccccc1.COc1cncc(C)c1.COc1ncccn1. The molecule has 0 radical (unpaired) electrons. The van der Waals surface area contributed by atoms with Crippen LogP contribution in [0.5, 0.6) is 17.5 Å². The van der Waals surface area contributed by atoms with E-state index in [9.17, 15) is 0 Å². The second kappa shape index (κ2) is 29.9. The minimum atomic E-state index is 0.209. The summed E-state index contributed by atoms with van der Waals surface area (Å²) in [7, 11) is 9.85. The molecule has 0 amide bonds. The first-order chi connectivity index (χ1) is 28.3. The number of methoxy groups -OCH3 is 6. The number of pyridine rings is 3. The molecule has 306 valence electrons. The standard InChI is InChI=1S/C10H13NO.C9H12O.C8H7NO.C7H9NO.C6H8N2O.C5H6N2O/c1-12-9-6-2-4-8-5-3-7-11-10(8)9;1-8(10-2)9-6-4-3-5-7-9;1-3-7-4-8(10-2)6-9-5-7;1-6-3-7(9-2)5-8-4-6;1-9-5-6-7-3-2-4-8-6;1-8-5-6-3-2-4-7-5/h3,5,7,9H,2,4,6H2,1H3;3-8H,1-2H3;1,4-6H,2H3;3-5H,1-2H3;2-4H,5H2,1H3;2-4H,1H3/t;8-;;;;/m.0..../s1. The van der Waals surface area contributed by atoms with Crippen molar-refractivity contribution in [1.82, 2.24) is 34.9 Å². The quantitative estimate of drug-likeness (QED) is 0.137. The zero-order valence-electron chi connectivity index (χ0n) is 34.7. The Kier molecular flexibility index (Phi) is 24.6. The van der Waals surface area contributed by atoms with Gasteiger partial charge in [-0.2, -0.15) is 0 Å². The molecule has 0 spiro atoms. The summed E-state index contributed by atoms with van der Waals surface area (Å²) in [5, 5.41) is 0. The smallest absolute Gasteiger partial charge is 0.315 e. The number of nitrogens with zero attached hydrogens (tertiary/aromatic N) is 7. The topological polar surface area (TPSA) is 146 Å². The molecule has 5 heterocycles. The lowest BCUT2D eigenvalue weighted by Gasteiger charge is -2.22. The van der Waals surface area contributed by atoms with E-state index in [-0.39, 0.29) is 12.2 Å². The van der Waals surface area contributed by atoms with Crippen molar-refractivity contribution in [3.63, 3.8) is 0 Å². The van der Waals surface area contributed by atoms with Crippen molar-refractivity contribution in [1.29, 1.82) is 0 Å². The lowest BCUT2D eigenvalue weighted by Crippen LogP contribution is -2.12. The highest BCUT2D eigenvalue weighted by Gasteiger charge is 2.20. The van der Waals surface area contributed by atoms with Crippen LogP contribution in [0, 0.1) is 19.3 Å². The fourth-order valence-corrected chi connectivity index (χ4v) is 4.83. The van der Waals surface area contributed by atoms with Crippen molar-refractivity contribution in [3.05, 3.63) is 156 Å². The molecule has 0 aliphatic heterocycles. The van der Waals surface area contributed by atoms with Crippen molar-refractivity contribution >= 4 is 0 Å². The Morgan fingerprint density at radius 1 is 0.707 bits per heavy atom. The van der Waals surface area contributed by atoms with Gasteiger partial charge in [0.05, 0.1) is 51.6 Å². The lowest BCUT2D eigenvalue weighted by molar-refractivity contribution is 0.0843. The summed E-state index contributed by atoms with van der Waals surface area (Å²) in [5.41, 5.74) is 5.58. The van der Waals surface area contributed by atoms with E-state index < -0.39 is 0 Å². The van der Waals surface area contributed by atoms with Crippen LogP contribution in [0.4, 0.5) is 0 Å². The molecule has 13 nitrogen and oxygen atoms in total. The monoisotopic (exact) mass is 789 g/mol. The third-order valence-electron chi connectivity index (χ3n) is 7.87. The van der Waals surface area contributed by atoms with Crippen molar-refractivity contribution in [2.45, 2.75) is 51.9 Å². The summed E-state index contributed by atoms with van der Waals surface area (Å²) >= 11 is 0. The minimum absolute atomic E-state index is 0.209. The number of benzene rings is 1. The fraction of sp³-hybridized carbons (Fsp3) is 0.311. The number of terminal acetylenes is 1. The number of rotatable bonds is 8. The van der Waals surface area contributed by atoms with Gasteiger partial charge in [0.25, 0.3) is 0 Å². The van der Waals surface area contributed by atoms with Crippen molar-refractivity contribution < 1.29 is 28.4 Å². The van der Waals surface area contributed by atoms with Gasteiger partial charge in [-0.05, 0) is 80.1 Å². The molecular formula is C45H55N7O6. The summed E-state index contributed by atoms with van der Waals surface area (Å²) < 4.78 is 29.8. The first kappa shape index (κ1) is 47.8. The summed E-state index contributed by atoms with van der Waals surface area (Å²) in [6.07, 6.45) is 24.3. The van der Waals surface area contributed by atoms with Gasteiger partial charge >= 0.3 is 6.01 Å². The maximum atomic E-state index is 5.36. The molecule has 0 saturated heterocycles. The summed E-state index contributed by atoms with van der Waals surface area (Å²) in [6.45, 7) is 4.51. The average molecular weight is 790 g/mol. The number of ether oxygens (including phenoxy) is 6. The van der Waals surface area contributed by atoms with Crippen LogP contribution in [0.25, 0.3) is 0 Å². The van der Waals surface area contributed by atoms with E-state index in [1.54, 1.807) is 103 Å². The van der Waals surface area contributed by atoms with Gasteiger partial charge < -0.3 is 28.4 Å². The van der Waals surface area contributed by atoms with Crippen molar-refractivity contribution in [2.75, 3.05) is 42.7 Å². The highest BCUT2D eigenvalue weighted by Crippen LogP contribution is 2.29. The molecule has 1 aliphatic rings. The average Bonchev–Trinajstić information content (AvgIpc) is 3.30. The molecule has 0 fully saturated rings. The lowest BCUT2D eigenvalue weighted by atomic mass is 9.94. The van der Waals surface area contributed by atoms with Gasteiger partial charge in [0.2, 0.25) is 0 Å². The Labute approximate surface area is 343 Å². The van der Waals surface area contributed by atoms with Gasteiger partial charge in [0.15, 0.2) is 5.82 Å². The highest BCUT2D eigenvalue weighted by atomic mass is 16.5. The fourth-order valence-electron chi connectivity index (χ4n) is 4.83. The van der Waals surface area contributed by atoms with E-state index in [1.165, 1.54) is 24.7 Å². The van der Waals surface area contributed by atoms with Crippen LogP contribution in [-0.4, -0.2) is 77.5 Å². The van der Waals surface area contributed by atoms with Crippen LogP contribution >= 0.6 is 0 Å². The van der Waals surface area contributed by atoms with Crippen LogP contribution in [0.1, 0.15) is 65.7 Å². The molecule has 13 heteroatoms. The zero-order chi connectivity index (χ0) is 42.2. The first-order valence-electron chi connectivity index (χ1n) is 18.3. The molecule has 1 unspecified atom stereocenters. The second-order valence-corrected chi connectivity index (χ2v) is 11.9. The maximum Gasteiger partial charge on any atom is 0.315 e. The summed E-state index contributed by atoms with van der Waals surface area (Å²) in [6, 6.07) is 21.9. The molecule has 2 atom stereocenters. The molecule has 6 aromatic rings. The maximum absolute atomic E-state index is 5.36. The predicted molar refractivity (Wildman–Crippen MR) is 224 cm³/mol. The zero-order valence-corrected chi connectivity index (χ0v) is 34.7. The van der Waals surface area contributed by atoms with Crippen LogP contribution < -0.4 is 14.2 Å². The van der Waals surface area contributed by atoms with Gasteiger partial charge in [-0.3, -0.25) is 15.0 Å². The minimum Gasteiger partial charge on any atom is -0.495 e. The number of aryl methyl sites for hydroxylation is 2. The van der Waals surface area contributed by atoms with Crippen molar-refractivity contribution in [2.24, 2.45) is 0 Å². The van der Waals surface area contributed by atoms with Crippen LogP contribution in [0.15, 0.2) is 123 Å². The molecule has 7 rings (SSSR count). The van der Waals surface area contributed by atoms with Gasteiger partial charge in [-0.25, -0.2) is 19.9 Å². The Balaban J connectivity index is 0.000000241. The number of hydrogen-bond acceptors (Lipinski definition) is 13. The number of hydrogen-bond donors (Lipinski definition) is 0. The Morgan fingerprint density at radius 2 is 1.33 bits per heavy atom. The summed E-state index contributed by atoms with van der Waals surface area (Å²) in [4.78, 5) is 27.5. The Morgan fingerprint density at radius 3 is 1.86 bits per heavy atom. The first-order valence-corrected chi connectivity index (χ1v) is 18.3. The van der Waals surface area contributed by atoms with E-state index in [0.717, 1.165) is 41.2 Å². The third kappa shape index (κ3) is 19.5. The summed E-state index contributed by atoms with van der Waals surface area (Å²) in [5.74, 6) is 4.69. The number of fused-ring (bicyclic) bond motifs is 1. The Hall–Kier alpha value is -6.33. The van der Waals surface area contributed by atoms with E-state index in [4.69, 9.17) is 34.8 Å².